The number of unbranched alkanes of at least 4 members (excludes halogenated alkanes) is 1. The van der Waals surface area contributed by atoms with Gasteiger partial charge in [-0.1, -0.05) is 12.5 Å². The number of nitrogens with zero attached hydrogens (tertiary/aromatic N) is 1. The van der Waals surface area contributed by atoms with Crippen LogP contribution in [0.3, 0.4) is 0 Å². The van der Waals surface area contributed by atoms with Crippen molar-refractivity contribution in [3.8, 4) is 0 Å². The number of nitrogens with two attached hydrogens (primary N) is 2. The van der Waals surface area contributed by atoms with Crippen molar-refractivity contribution in [2.45, 2.75) is 25.3 Å². The predicted octanol–water partition coefficient (Wildman–Crippen LogP) is 1.35. The lowest BCUT2D eigenvalue weighted by atomic mass is 10.0. The zero-order chi connectivity index (χ0) is 10.4. The molecule has 0 aromatic carbocycles. The topological polar surface area (TPSA) is 64.9 Å². The third-order valence-electron chi connectivity index (χ3n) is 2.16. The van der Waals surface area contributed by atoms with Crippen LogP contribution in [0.4, 0.5) is 4.39 Å². The highest BCUT2D eigenvalue weighted by Crippen LogP contribution is 2.17. The summed E-state index contributed by atoms with van der Waals surface area (Å²) < 4.78 is 13.1. The quantitative estimate of drug-likeness (QED) is 0.553. The van der Waals surface area contributed by atoms with Crippen LogP contribution in [0.2, 0.25) is 0 Å². The van der Waals surface area contributed by atoms with Gasteiger partial charge in [-0.15, -0.1) is 0 Å². The van der Waals surface area contributed by atoms with Gasteiger partial charge in [0.2, 0.25) is 5.95 Å². The van der Waals surface area contributed by atoms with E-state index in [9.17, 15) is 4.39 Å². The fraction of sp³-hybridized carbons (Fsp3) is 0.500. The molecule has 0 unspecified atom stereocenters. The summed E-state index contributed by atoms with van der Waals surface area (Å²) in [5.41, 5.74) is 11.7. The minimum absolute atomic E-state index is 0.268. The molecule has 0 bridgehead atoms. The number of rotatable bonds is 5. The van der Waals surface area contributed by atoms with E-state index in [2.05, 4.69) is 4.98 Å². The number of aromatic nitrogens is 1. The molecular formula is C10H16FN3. The Kier molecular flexibility index (Phi) is 4.49. The van der Waals surface area contributed by atoms with Gasteiger partial charge in [-0.2, -0.15) is 4.39 Å². The van der Waals surface area contributed by atoms with Crippen LogP contribution in [-0.4, -0.2) is 11.5 Å². The SMILES string of the molecule is NCCCC[C@H](N)c1cccnc1F. The number of hydrogen-bond donors (Lipinski definition) is 2. The van der Waals surface area contributed by atoms with Crippen LogP contribution in [-0.2, 0) is 0 Å². The van der Waals surface area contributed by atoms with E-state index < -0.39 is 5.95 Å². The highest BCUT2D eigenvalue weighted by molar-refractivity contribution is 5.14. The second-order valence-corrected chi connectivity index (χ2v) is 3.27. The first-order valence-electron chi connectivity index (χ1n) is 4.81. The van der Waals surface area contributed by atoms with Crippen molar-refractivity contribution in [1.82, 2.24) is 4.98 Å². The van der Waals surface area contributed by atoms with E-state index in [1.165, 1.54) is 6.20 Å². The zero-order valence-electron chi connectivity index (χ0n) is 8.12. The highest BCUT2D eigenvalue weighted by atomic mass is 19.1. The molecule has 4 heteroatoms. The molecule has 0 amide bonds. The van der Waals surface area contributed by atoms with Crippen molar-refractivity contribution in [3.05, 3.63) is 29.8 Å². The first kappa shape index (κ1) is 11.1. The van der Waals surface area contributed by atoms with Gasteiger partial charge in [0, 0.05) is 17.8 Å². The minimum atomic E-state index is -0.465. The van der Waals surface area contributed by atoms with E-state index in [0.29, 0.717) is 12.1 Å². The van der Waals surface area contributed by atoms with Gasteiger partial charge in [-0.25, -0.2) is 4.98 Å². The molecule has 0 aliphatic heterocycles. The lowest BCUT2D eigenvalue weighted by molar-refractivity contribution is 0.519. The van der Waals surface area contributed by atoms with Crippen LogP contribution in [0.1, 0.15) is 30.9 Å². The van der Waals surface area contributed by atoms with Crippen molar-refractivity contribution in [2.24, 2.45) is 11.5 Å². The molecule has 1 aromatic rings. The first-order valence-corrected chi connectivity index (χ1v) is 4.81. The van der Waals surface area contributed by atoms with E-state index in [1.54, 1.807) is 12.1 Å². The molecule has 0 saturated carbocycles. The van der Waals surface area contributed by atoms with E-state index >= 15 is 0 Å². The Hall–Kier alpha value is -1.00. The fourth-order valence-electron chi connectivity index (χ4n) is 1.34. The number of pyridine rings is 1. The molecule has 3 nitrogen and oxygen atoms in total. The Balaban J connectivity index is 2.51. The monoisotopic (exact) mass is 197 g/mol. The Morgan fingerprint density at radius 3 is 2.86 bits per heavy atom. The summed E-state index contributed by atoms with van der Waals surface area (Å²) in [7, 11) is 0. The molecule has 0 aliphatic carbocycles. The average molecular weight is 197 g/mol. The molecule has 78 valence electrons. The molecule has 0 radical (unpaired) electrons. The Bertz CT molecular complexity index is 278. The van der Waals surface area contributed by atoms with Gasteiger partial charge in [0.1, 0.15) is 0 Å². The molecule has 1 rings (SSSR count). The van der Waals surface area contributed by atoms with Crippen molar-refractivity contribution < 1.29 is 4.39 Å². The van der Waals surface area contributed by atoms with Crippen molar-refractivity contribution in [2.75, 3.05) is 6.54 Å². The zero-order valence-corrected chi connectivity index (χ0v) is 8.12. The standard InChI is InChI=1S/C10H16FN3/c11-10-8(4-3-7-14-10)9(13)5-1-2-6-12/h3-4,7,9H,1-2,5-6,12-13H2/t9-/m0/s1. The maximum atomic E-state index is 13.1. The molecule has 0 saturated heterocycles. The molecule has 0 spiro atoms. The predicted molar refractivity (Wildman–Crippen MR) is 54.0 cm³/mol. The van der Waals surface area contributed by atoms with Gasteiger partial charge < -0.3 is 11.5 Å². The smallest absolute Gasteiger partial charge is 0.217 e. The number of halogens is 1. The summed E-state index contributed by atoms with van der Waals surface area (Å²) in [5, 5.41) is 0. The lowest BCUT2D eigenvalue weighted by Gasteiger charge is -2.11. The van der Waals surface area contributed by atoms with E-state index in [-0.39, 0.29) is 6.04 Å². The normalized spacial score (nSPS) is 12.8. The summed E-state index contributed by atoms with van der Waals surface area (Å²) in [5.74, 6) is -0.465. The Morgan fingerprint density at radius 1 is 1.43 bits per heavy atom. The average Bonchev–Trinajstić information content (AvgIpc) is 2.18. The summed E-state index contributed by atoms with van der Waals surface area (Å²) in [6, 6.07) is 3.10. The maximum Gasteiger partial charge on any atom is 0.217 e. The van der Waals surface area contributed by atoms with Gasteiger partial charge in [0.25, 0.3) is 0 Å². The molecule has 4 N–H and O–H groups in total. The first-order chi connectivity index (χ1) is 6.75. The van der Waals surface area contributed by atoms with Gasteiger partial charge >= 0.3 is 0 Å². The summed E-state index contributed by atoms with van der Waals surface area (Å²) in [6.45, 7) is 0.655. The van der Waals surface area contributed by atoms with Gasteiger partial charge in [0.15, 0.2) is 0 Å². The molecule has 0 fully saturated rings. The molecule has 14 heavy (non-hydrogen) atoms. The second-order valence-electron chi connectivity index (χ2n) is 3.27. The van der Waals surface area contributed by atoms with Crippen LogP contribution >= 0.6 is 0 Å². The maximum absolute atomic E-state index is 13.1. The van der Waals surface area contributed by atoms with Crippen LogP contribution in [0.5, 0.6) is 0 Å². The van der Waals surface area contributed by atoms with E-state index in [0.717, 1.165) is 19.3 Å². The third-order valence-corrected chi connectivity index (χ3v) is 2.16. The Morgan fingerprint density at radius 2 is 2.21 bits per heavy atom. The van der Waals surface area contributed by atoms with Crippen molar-refractivity contribution in [1.29, 1.82) is 0 Å². The summed E-state index contributed by atoms with van der Waals surface area (Å²) >= 11 is 0. The largest absolute Gasteiger partial charge is 0.330 e. The minimum Gasteiger partial charge on any atom is -0.330 e. The van der Waals surface area contributed by atoms with Crippen molar-refractivity contribution in [3.63, 3.8) is 0 Å². The molecule has 0 aliphatic rings. The fourth-order valence-corrected chi connectivity index (χ4v) is 1.34. The second kappa shape index (κ2) is 5.67. The number of hydrogen-bond acceptors (Lipinski definition) is 3. The van der Waals surface area contributed by atoms with Crippen LogP contribution < -0.4 is 11.5 Å². The van der Waals surface area contributed by atoms with Gasteiger partial charge in [-0.3, -0.25) is 0 Å². The van der Waals surface area contributed by atoms with Gasteiger partial charge in [-0.05, 0) is 25.5 Å². The highest BCUT2D eigenvalue weighted by Gasteiger charge is 2.10. The van der Waals surface area contributed by atoms with E-state index in [1.807, 2.05) is 0 Å². The molecule has 1 aromatic heterocycles. The van der Waals surface area contributed by atoms with E-state index in [4.69, 9.17) is 11.5 Å². The molecular weight excluding hydrogens is 181 g/mol. The Labute approximate surface area is 83.3 Å². The molecule has 1 atom stereocenters. The van der Waals surface area contributed by atoms with Gasteiger partial charge in [0.05, 0.1) is 0 Å². The third kappa shape index (κ3) is 3.05. The van der Waals surface area contributed by atoms with Crippen LogP contribution in [0.15, 0.2) is 18.3 Å². The van der Waals surface area contributed by atoms with Crippen LogP contribution in [0.25, 0.3) is 0 Å². The molecule has 1 heterocycles. The summed E-state index contributed by atoms with van der Waals surface area (Å²) in [6.07, 6.45) is 4.02. The lowest BCUT2D eigenvalue weighted by Crippen LogP contribution is -2.13. The summed E-state index contributed by atoms with van der Waals surface area (Å²) in [4.78, 5) is 3.56. The van der Waals surface area contributed by atoms with Crippen LogP contribution in [0, 0.1) is 5.95 Å². The van der Waals surface area contributed by atoms with Crippen molar-refractivity contribution >= 4 is 0 Å².